The van der Waals surface area contributed by atoms with Gasteiger partial charge in [0.05, 0.1) is 25.4 Å². The zero-order valence-electron chi connectivity index (χ0n) is 12.3. The molecule has 2 aliphatic rings. The normalized spacial score (nSPS) is 26.5. The van der Waals surface area contributed by atoms with Gasteiger partial charge in [-0.3, -0.25) is 9.69 Å². The van der Waals surface area contributed by atoms with Crippen LogP contribution in [0.4, 0.5) is 0 Å². The summed E-state index contributed by atoms with van der Waals surface area (Å²) in [6, 6.07) is 1.62. The van der Waals surface area contributed by atoms with Crippen LogP contribution in [0, 0.1) is 0 Å². The SMILES string of the molecule is O=C(CCc1cc(Cl)no1)N1C[C@@H](O)[C@H](N2CCOCC2)C1. The lowest BCUT2D eigenvalue weighted by molar-refractivity contribution is -0.130. The number of aliphatic hydroxyl groups is 1. The number of aliphatic hydroxyl groups excluding tert-OH is 1. The monoisotopic (exact) mass is 329 g/mol. The maximum atomic E-state index is 12.3. The van der Waals surface area contributed by atoms with Crippen LogP contribution in [0.5, 0.6) is 0 Å². The van der Waals surface area contributed by atoms with Crippen molar-refractivity contribution in [3.05, 3.63) is 17.0 Å². The number of carbonyl (C=O) groups excluding carboxylic acids is 1. The van der Waals surface area contributed by atoms with Crippen LogP contribution in [0.25, 0.3) is 0 Å². The predicted molar refractivity (Wildman–Crippen MR) is 78.6 cm³/mol. The standard InChI is InChI=1S/C14H20ClN3O4/c15-13-7-10(22-16-13)1-2-14(20)18-8-11(12(19)9-18)17-3-5-21-6-4-17/h7,11-12,19H,1-6,8-9H2/t11-,12-/m1/s1. The molecule has 0 spiro atoms. The number of rotatable bonds is 4. The Morgan fingerprint density at radius 1 is 1.41 bits per heavy atom. The summed E-state index contributed by atoms with van der Waals surface area (Å²) in [5.74, 6) is 0.616. The molecule has 0 aromatic carbocycles. The quantitative estimate of drug-likeness (QED) is 0.848. The fraction of sp³-hybridized carbons (Fsp3) is 0.714. The highest BCUT2D eigenvalue weighted by atomic mass is 35.5. The number of amides is 1. The molecule has 1 aromatic rings. The van der Waals surface area contributed by atoms with Gasteiger partial charge < -0.3 is 19.3 Å². The first-order valence-electron chi connectivity index (χ1n) is 7.52. The van der Waals surface area contributed by atoms with E-state index in [9.17, 15) is 9.90 Å². The van der Waals surface area contributed by atoms with Crippen molar-refractivity contribution in [3.8, 4) is 0 Å². The first-order valence-corrected chi connectivity index (χ1v) is 7.90. The average molecular weight is 330 g/mol. The van der Waals surface area contributed by atoms with Crippen molar-refractivity contribution in [3.63, 3.8) is 0 Å². The Bertz CT molecular complexity index is 518. The Morgan fingerprint density at radius 3 is 2.86 bits per heavy atom. The second-order valence-corrected chi connectivity index (χ2v) is 6.08. The topological polar surface area (TPSA) is 79.0 Å². The van der Waals surface area contributed by atoms with Crippen molar-refractivity contribution in [1.29, 1.82) is 0 Å². The molecule has 22 heavy (non-hydrogen) atoms. The van der Waals surface area contributed by atoms with E-state index in [0.717, 1.165) is 13.1 Å². The molecule has 2 atom stereocenters. The molecule has 1 N–H and O–H groups in total. The zero-order chi connectivity index (χ0) is 15.5. The number of halogens is 1. The van der Waals surface area contributed by atoms with E-state index in [0.29, 0.717) is 50.1 Å². The van der Waals surface area contributed by atoms with Gasteiger partial charge in [0.25, 0.3) is 0 Å². The van der Waals surface area contributed by atoms with E-state index in [1.165, 1.54) is 0 Å². The fourth-order valence-electron chi connectivity index (χ4n) is 3.03. The van der Waals surface area contributed by atoms with E-state index >= 15 is 0 Å². The van der Waals surface area contributed by atoms with E-state index in [2.05, 4.69) is 10.1 Å². The highest BCUT2D eigenvalue weighted by molar-refractivity contribution is 6.29. The molecule has 2 fully saturated rings. The third-order valence-electron chi connectivity index (χ3n) is 4.24. The van der Waals surface area contributed by atoms with Crippen molar-refractivity contribution in [2.24, 2.45) is 0 Å². The van der Waals surface area contributed by atoms with Crippen LogP contribution in [0.15, 0.2) is 10.6 Å². The second kappa shape index (κ2) is 6.95. The molecule has 8 heteroatoms. The number of morpholine rings is 1. The van der Waals surface area contributed by atoms with Gasteiger partial charge in [-0.1, -0.05) is 16.8 Å². The molecular weight excluding hydrogens is 310 g/mol. The summed E-state index contributed by atoms with van der Waals surface area (Å²) < 4.78 is 10.3. The van der Waals surface area contributed by atoms with E-state index < -0.39 is 6.10 Å². The van der Waals surface area contributed by atoms with Crippen molar-refractivity contribution in [2.75, 3.05) is 39.4 Å². The molecule has 1 amide bonds. The lowest BCUT2D eigenvalue weighted by atomic mass is 10.1. The third-order valence-corrected chi connectivity index (χ3v) is 4.42. The number of hydrogen-bond donors (Lipinski definition) is 1. The Kier molecular flexibility index (Phi) is 4.97. The molecule has 0 aliphatic carbocycles. The smallest absolute Gasteiger partial charge is 0.223 e. The fourth-order valence-corrected chi connectivity index (χ4v) is 3.19. The Morgan fingerprint density at radius 2 is 2.18 bits per heavy atom. The van der Waals surface area contributed by atoms with Gasteiger partial charge in [-0.2, -0.15) is 0 Å². The van der Waals surface area contributed by atoms with Crippen molar-refractivity contribution in [2.45, 2.75) is 25.0 Å². The molecule has 3 heterocycles. The minimum absolute atomic E-state index is 0.00701. The first kappa shape index (κ1) is 15.7. The lowest BCUT2D eigenvalue weighted by Gasteiger charge is -2.33. The Balaban J connectivity index is 1.51. The number of aryl methyl sites for hydroxylation is 1. The number of carbonyl (C=O) groups is 1. The van der Waals surface area contributed by atoms with Crippen LogP contribution < -0.4 is 0 Å². The maximum absolute atomic E-state index is 12.3. The molecule has 0 saturated carbocycles. The molecule has 0 radical (unpaired) electrons. The number of likely N-dealkylation sites (tertiary alicyclic amines) is 1. The van der Waals surface area contributed by atoms with Gasteiger partial charge in [0.1, 0.15) is 5.76 Å². The molecule has 2 saturated heterocycles. The van der Waals surface area contributed by atoms with Gasteiger partial charge in [0.15, 0.2) is 5.15 Å². The van der Waals surface area contributed by atoms with Crippen molar-refractivity contribution < 1.29 is 19.2 Å². The van der Waals surface area contributed by atoms with E-state index in [-0.39, 0.29) is 11.9 Å². The molecule has 3 rings (SSSR count). The third kappa shape index (κ3) is 3.60. The number of hydrogen-bond acceptors (Lipinski definition) is 6. The van der Waals surface area contributed by atoms with Crippen molar-refractivity contribution >= 4 is 17.5 Å². The first-order chi connectivity index (χ1) is 10.6. The number of nitrogens with zero attached hydrogens (tertiary/aromatic N) is 3. The summed E-state index contributed by atoms with van der Waals surface area (Å²) in [6.45, 7) is 3.93. The maximum Gasteiger partial charge on any atom is 0.223 e. The summed E-state index contributed by atoms with van der Waals surface area (Å²) in [6.07, 6.45) is 0.295. The van der Waals surface area contributed by atoms with Crippen LogP contribution in [-0.2, 0) is 16.0 Å². The van der Waals surface area contributed by atoms with Crippen molar-refractivity contribution in [1.82, 2.24) is 15.0 Å². The summed E-state index contributed by atoms with van der Waals surface area (Å²) in [5, 5.41) is 14.1. The van der Waals surface area contributed by atoms with E-state index in [1.54, 1.807) is 11.0 Å². The molecular formula is C14H20ClN3O4. The zero-order valence-corrected chi connectivity index (χ0v) is 13.0. The number of aromatic nitrogens is 1. The number of β-amino-alcohol motifs (C(OH)–C–C–N with tert-alkyl or cyclic N) is 1. The minimum atomic E-state index is -0.498. The van der Waals surface area contributed by atoms with Gasteiger partial charge in [0, 0.05) is 45.1 Å². The average Bonchev–Trinajstić information content (AvgIpc) is 3.12. The van der Waals surface area contributed by atoms with E-state index in [4.69, 9.17) is 20.9 Å². The summed E-state index contributed by atoms with van der Waals surface area (Å²) in [7, 11) is 0. The van der Waals surface area contributed by atoms with Gasteiger partial charge in [0.2, 0.25) is 5.91 Å². The van der Waals surface area contributed by atoms with Crippen LogP contribution in [0.2, 0.25) is 5.15 Å². The Hall–Kier alpha value is -1.15. The summed E-state index contributed by atoms with van der Waals surface area (Å²) >= 11 is 5.68. The predicted octanol–water partition coefficient (Wildman–Crippen LogP) is 0.164. The van der Waals surface area contributed by atoms with E-state index in [1.807, 2.05) is 0 Å². The van der Waals surface area contributed by atoms with Gasteiger partial charge >= 0.3 is 0 Å². The molecule has 122 valence electrons. The molecule has 7 nitrogen and oxygen atoms in total. The summed E-state index contributed by atoms with van der Waals surface area (Å²) in [4.78, 5) is 16.2. The van der Waals surface area contributed by atoms with Crippen LogP contribution >= 0.6 is 11.6 Å². The van der Waals surface area contributed by atoms with Crippen LogP contribution in [0.3, 0.4) is 0 Å². The molecule has 1 aromatic heterocycles. The highest BCUT2D eigenvalue weighted by Crippen LogP contribution is 2.19. The van der Waals surface area contributed by atoms with Gasteiger partial charge in [-0.05, 0) is 0 Å². The van der Waals surface area contributed by atoms with Crippen LogP contribution in [-0.4, -0.2) is 77.5 Å². The van der Waals surface area contributed by atoms with Gasteiger partial charge in [-0.25, -0.2) is 0 Å². The van der Waals surface area contributed by atoms with Gasteiger partial charge in [-0.15, -0.1) is 0 Å². The molecule has 0 bridgehead atoms. The van der Waals surface area contributed by atoms with Crippen LogP contribution in [0.1, 0.15) is 12.2 Å². The molecule has 2 aliphatic heterocycles. The highest BCUT2D eigenvalue weighted by Gasteiger charge is 2.37. The Labute approximate surface area is 133 Å². The largest absolute Gasteiger partial charge is 0.390 e. The number of ether oxygens (including phenoxy) is 1. The molecule has 0 unspecified atom stereocenters. The lowest BCUT2D eigenvalue weighted by Crippen LogP contribution is -2.49. The summed E-state index contributed by atoms with van der Waals surface area (Å²) in [5.41, 5.74) is 0. The minimum Gasteiger partial charge on any atom is -0.390 e. The second-order valence-electron chi connectivity index (χ2n) is 5.70.